The summed E-state index contributed by atoms with van der Waals surface area (Å²) in [6.07, 6.45) is 1.15. The third-order valence-electron chi connectivity index (χ3n) is 3.87. The Labute approximate surface area is 140 Å². The standard InChI is InChI=1S/C16H19N5OS/c1-10-3-11(2)8-21(7-10)14(22)9-23-16-13(6-18)4-12(5-17)15(19)20-16/h4,10-11H,3,7-9H2,1-2H3,(H2,19,20)/p+1/t10-,11-/m0/s1. The molecule has 0 radical (unpaired) electrons. The van der Waals surface area contributed by atoms with Crippen LogP contribution in [-0.2, 0) is 4.79 Å². The van der Waals surface area contributed by atoms with E-state index in [9.17, 15) is 10.1 Å². The molecule has 0 saturated carbocycles. The first-order valence-corrected chi connectivity index (χ1v) is 8.49. The molecule has 2 rings (SSSR count). The molecule has 1 aliphatic heterocycles. The number of anilines is 1. The van der Waals surface area contributed by atoms with Gasteiger partial charge in [-0.25, -0.2) is 4.98 Å². The Morgan fingerprint density at radius 2 is 1.96 bits per heavy atom. The van der Waals surface area contributed by atoms with Crippen LogP contribution in [0.25, 0.3) is 0 Å². The molecule has 0 spiro atoms. The summed E-state index contributed by atoms with van der Waals surface area (Å²) in [6.45, 7) is 5.89. The minimum atomic E-state index is 0.0635. The van der Waals surface area contributed by atoms with Gasteiger partial charge in [0.1, 0.15) is 23.3 Å². The van der Waals surface area contributed by atoms with Crippen molar-refractivity contribution in [1.29, 1.82) is 10.5 Å². The molecule has 0 aliphatic carbocycles. The lowest BCUT2D eigenvalue weighted by Crippen LogP contribution is -2.43. The minimum absolute atomic E-state index is 0.0635. The number of piperidine rings is 1. The van der Waals surface area contributed by atoms with Gasteiger partial charge in [-0.05, 0) is 24.3 Å². The second-order valence-corrected chi connectivity index (χ2v) is 7.08. The normalized spacial score (nSPS) is 20.6. The topological polar surface area (TPSA) is 108 Å². The predicted molar refractivity (Wildman–Crippen MR) is 87.1 cm³/mol. The Morgan fingerprint density at radius 3 is 2.52 bits per heavy atom. The van der Waals surface area contributed by atoms with Gasteiger partial charge in [0.05, 0.1) is 5.75 Å². The number of nitrogens with one attached hydrogen (secondary N) is 1. The number of hydrogen-bond acceptors (Lipinski definition) is 5. The third kappa shape index (κ3) is 4.14. The van der Waals surface area contributed by atoms with Crippen molar-refractivity contribution >= 4 is 23.5 Å². The van der Waals surface area contributed by atoms with E-state index in [0.717, 1.165) is 19.5 Å². The third-order valence-corrected chi connectivity index (χ3v) is 4.88. The van der Waals surface area contributed by atoms with Gasteiger partial charge in [0, 0.05) is 13.1 Å². The number of hydrogen-bond donors (Lipinski definition) is 1. The molecule has 2 atom stereocenters. The number of nitrogens with two attached hydrogens (primary N) is 1. The number of carbonyl (C=O) groups excluding carboxylic acids is 1. The van der Waals surface area contributed by atoms with Crippen LogP contribution in [0.1, 0.15) is 31.4 Å². The SMILES string of the molecule is C[C@H]1C[C@H](C)CN(C(=O)CSc2[nH+]c(N)c(C#N)cc2C#N)C1. The van der Waals surface area contributed by atoms with Crippen molar-refractivity contribution in [1.82, 2.24) is 4.90 Å². The number of thioether (sulfide) groups is 1. The van der Waals surface area contributed by atoms with Crippen LogP contribution in [0.4, 0.5) is 5.82 Å². The Hall–Kier alpha value is -2.25. The zero-order chi connectivity index (χ0) is 17.0. The van der Waals surface area contributed by atoms with Crippen LogP contribution in [-0.4, -0.2) is 29.6 Å². The van der Waals surface area contributed by atoms with Gasteiger partial charge in [0.25, 0.3) is 5.82 Å². The van der Waals surface area contributed by atoms with E-state index in [0.29, 0.717) is 22.4 Å². The molecule has 0 bridgehead atoms. The lowest BCUT2D eigenvalue weighted by Gasteiger charge is -2.34. The average molecular weight is 330 g/mol. The predicted octanol–water partition coefficient (Wildman–Crippen LogP) is 1.42. The molecule has 6 nitrogen and oxygen atoms in total. The van der Waals surface area contributed by atoms with E-state index in [4.69, 9.17) is 11.0 Å². The largest absolute Gasteiger partial charge is 0.341 e. The Bertz CT molecular complexity index is 681. The molecule has 0 aromatic carbocycles. The van der Waals surface area contributed by atoms with Crippen LogP contribution in [0.3, 0.4) is 0 Å². The molecule has 1 aromatic heterocycles. The van der Waals surface area contributed by atoms with E-state index in [1.54, 1.807) is 0 Å². The van der Waals surface area contributed by atoms with Gasteiger partial charge in [-0.3, -0.25) is 10.5 Å². The van der Waals surface area contributed by atoms with Crippen molar-refractivity contribution in [2.75, 3.05) is 24.6 Å². The number of rotatable bonds is 3. The summed E-state index contributed by atoms with van der Waals surface area (Å²) in [5.74, 6) is 1.55. The van der Waals surface area contributed by atoms with Crippen molar-refractivity contribution in [3.63, 3.8) is 0 Å². The number of aromatic amines is 1. The van der Waals surface area contributed by atoms with Gasteiger partial charge in [0.2, 0.25) is 5.91 Å². The molecular formula is C16H20N5OS+. The fourth-order valence-electron chi connectivity index (χ4n) is 2.93. The fourth-order valence-corrected chi connectivity index (χ4v) is 3.82. The first-order valence-electron chi connectivity index (χ1n) is 7.51. The molecule has 1 aromatic rings. The highest BCUT2D eigenvalue weighted by Crippen LogP contribution is 2.24. The van der Waals surface area contributed by atoms with E-state index < -0.39 is 0 Å². The number of likely N-dealkylation sites (tertiary alicyclic amines) is 1. The molecule has 7 heteroatoms. The van der Waals surface area contributed by atoms with Gasteiger partial charge in [0.15, 0.2) is 5.03 Å². The molecule has 1 aliphatic rings. The Morgan fingerprint density at radius 1 is 1.35 bits per heavy atom. The number of pyridine rings is 1. The van der Waals surface area contributed by atoms with E-state index in [1.807, 2.05) is 17.0 Å². The maximum Gasteiger partial charge on any atom is 0.289 e. The molecule has 0 unspecified atom stereocenters. The van der Waals surface area contributed by atoms with Crippen molar-refractivity contribution < 1.29 is 9.78 Å². The Kier molecular flexibility index (Phi) is 5.46. The summed E-state index contributed by atoms with van der Waals surface area (Å²) < 4.78 is 0. The highest BCUT2D eigenvalue weighted by atomic mass is 32.2. The van der Waals surface area contributed by atoms with E-state index in [1.165, 1.54) is 17.8 Å². The summed E-state index contributed by atoms with van der Waals surface area (Å²) in [6, 6.07) is 5.41. The summed E-state index contributed by atoms with van der Waals surface area (Å²) in [4.78, 5) is 17.1. The highest BCUT2D eigenvalue weighted by Gasteiger charge is 2.26. The number of nitrogen functional groups attached to an aromatic ring is 1. The van der Waals surface area contributed by atoms with Crippen LogP contribution >= 0.6 is 11.8 Å². The van der Waals surface area contributed by atoms with Crippen LogP contribution in [0.5, 0.6) is 0 Å². The molecule has 23 heavy (non-hydrogen) atoms. The van der Waals surface area contributed by atoms with Crippen LogP contribution in [0.15, 0.2) is 11.1 Å². The summed E-state index contributed by atoms with van der Waals surface area (Å²) in [7, 11) is 0. The summed E-state index contributed by atoms with van der Waals surface area (Å²) in [5, 5.41) is 18.6. The van der Waals surface area contributed by atoms with Crippen molar-refractivity contribution in [3.8, 4) is 12.1 Å². The zero-order valence-electron chi connectivity index (χ0n) is 13.3. The van der Waals surface area contributed by atoms with Gasteiger partial charge >= 0.3 is 0 Å². The maximum atomic E-state index is 12.4. The van der Waals surface area contributed by atoms with E-state index in [-0.39, 0.29) is 23.0 Å². The van der Waals surface area contributed by atoms with Crippen LogP contribution in [0.2, 0.25) is 0 Å². The average Bonchev–Trinajstić information content (AvgIpc) is 2.51. The monoisotopic (exact) mass is 330 g/mol. The molecule has 120 valence electrons. The smallest absolute Gasteiger partial charge is 0.289 e. The van der Waals surface area contributed by atoms with Crippen LogP contribution in [0, 0.1) is 34.5 Å². The highest BCUT2D eigenvalue weighted by molar-refractivity contribution is 7.99. The number of amides is 1. The van der Waals surface area contributed by atoms with Crippen LogP contribution < -0.4 is 10.7 Å². The zero-order valence-corrected chi connectivity index (χ0v) is 14.1. The number of carbonyl (C=O) groups is 1. The molecule has 1 amide bonds. The summed E-state index contributed by atoms with van der Waals surface area (Å²) in [5.41, 5.74) is 6.30. The number of H-pyrrole nitrogens is 1. The minimum Gasteiger partial charge on any atom is -0.341 e. The molecular weight excluding hydrogens is 310 g/mol. The molecule has 2 heterocycles. The lowest BCUT2D eigenvalue weighted by atomic mass is 9.92. The molecule has 1 fully saturated rings. The second-order valence-electron chi connectivity index (χ2n) is 6.10. The van der Waals surface area contributed by atoms with Gasteiger partial charge < -0.3 is 4.90 Å². The number of aromatic nitrogens is 1. The van der Waals surface area contributed by atoms with E-state index >= 15 is 0 Å². The fraction of sp³-hybridized carbons (Fsp3) is 0.500. The van der Waals surface area contributed by atoms with Crippen molar-refractivity contribution in [2.45, 2.75) is 25.3 Å². The summed E-state index contributed by atoms with van der Waals surface area (Å²) >= 11 is 1.25. The molecule has 1 saturated heterocycles. The quantitative estimate of drug-likeness (QED) is 0.843. The van der Waals surface area contributed by atoms with Crippen molar-refractivity contribution in [2.24, 2.45) is 11.8 Å². The van der Waals surface area contributed by atoms with E-state index in [2.05, 4.69) is 18.8 Å². The van der Waals surface area contributed by atoms with Gasteiger partial charge in [-0.15, -0.1) is 0 Å². The molecule has 3 N–H and O–H groups in total. The first kappa shape index (κ1) is 17.1. The first-order chi connectivity index (χ1) is 10.9. The second kappa shape index (κ2) is 7.34. The number of nitrogens with zero attached hydrogens (tertiary/aromatic N) is 3. The lowest BCUT2D eigenvalue weighted by molar-refractivity contribution is -0.410. The Balaban J connectivity index is 2.06. The van der Waals surface area contributed by atoms with Crippen molar-refractivity contribution in [3.05, 3.63) is 17.2 Å². The number of nitriles is 2. The van der Waals surface area contributed by atoms with Gasteiger partial charge in [-0.2, -0.15) is 10.5 Å². The van der Waals surface area contributed by atoms with Gasteiger partial charge in [-0.1, -0.05) is 25.6 Å². The maximum absolute atomic E-state index is 12.4.